The number of hydrogen-bond donors (Lipinski definition) is 3. The Hall–Kier alpha value is -3.17. The summed E-state index contributed by atoms with van der Waals surface area (Å²) in [5, 5.41) is 25.0. The molecule has 3 aliphatic rings. The average Bonchev–Trinajstić information content (AvgIpc) is 3.05. The zero-order valence-corrected chi connectivity index (χ0v) is 17.2. The molecule has 0 aliphatic carbocycles. The van der Waals surface area contributed by atoms with Gasteiger partial charge >= 0.3 is 11.4 Å². The van der Waals surface area contributed by atoms with Crippen LogP contribution in [0.5, 0.6) is 5.75 Å². The van der Waals surface area contributed by atoms with Crippen molar-refractivity contribution in [3.63, 3.8) is 0 Å². The Balaban J connectivity index is 1.68. The predicted octanol–water partition coefficient (Wildman–Crippen LogP) is 1.05. The highest BCUT2D eigenvalue weighted by Crippen LogP contribution is 2.43. The third kappa shape index (κ3) is 2.95. The van der Waals surface area contributed by atoms with Crippen LogP contribution in [0, 0.1) is 11.8 Å². The van der Waals surface area contributed by atoms with E-state index in [-0.39, 0.29) is 17.5 Å². The molecule has 2 unspecified atom stereocenters. The summed E-state index contributed by atoms with van der Waals surface area (Å²) < 4.78 is 1.94. The Morgan fingerprint density at radius 3 is 2.77 bits per heavy atom. The number of H-pyrrole nitrogens is 1. The number of nitrogens with one attached hydrogen (secondary N) is 1. The number of aliphatic hydroxyl groups excluding tert-OH is 1. The van der Waals surface area contributed by atoms with Crippen LogP contribution in [0.3, 0.4) is 0 Å². The smallest absolute Gasteiger partial charge is 0.351 e. The maximum atomic E-state index is 12.6. The van der Waals surface area contributed by atoms with Gasteiger partial charge in [0, 0.05) is 31.2 Å². The largest absolute Gasteiger partial charge is 0.506 e. The van der Waals surface area contributed by atoms with E-state index < -0.39 is 17.5 Å². The molecule has 3 aromatic rings. The maximum Gasteiger partial charge on any atom is 0.351 e. The van der Waals surface area contributed by atoms with Crippen LogP contribution in [0.25, 0.3) is 16.6 Å². The Morgan fingerprint density at radius 2 is 2.13 bits per heavy atom. The highest BCUT2D eigenvalue weighted by atomic mass is 16.3. The number of pyridine rings is 1. The Kier molecular flexibility index (Phi) is 4.60. The molecule has 3 fully saturated rings. The minimum Gasteiger partial charge on any atom is -0.506 e. The minimum atomic E-state index is -0.842. The first-order chi connectivity index (χ1) is 14.9. The molecule has 5 atom stereocenters. The fourth-order valence-corrected chi connectivity index (χ4v) is 5.24. The van der Waals surface area contributed by atoms with Gasteiger partial charge in [0.05, 0.1) is 11.6 Å². The van der Waals surface area contributed by atoms with Gasteiger partial charge in [-0.1, -0.05) is 6.08 Å². The van der Waals surface area contributed by atoms with Crippen molar-refractivity contribution in [3.8, 4) is 11.4 Å². The molecule has 0 spiro atoms. The molecular formula is C22H25N5O4. The van der Waals surface area contributed by atoms with E-state index in [1.807, 2.05) is 6.08 Å². The van der Waals surface area contributed by atoms with Crippen molar-refractivity contribution in [3.05, 3.63) is 63.6 Å². The Bertz CT molecular complexity index is 1290. The fourth-order valence-electron chi connectivity index (χ4n) is 5.24. The lowest BCUT2D eigenvalue weighted by Gasteiger charge is -2.50. The van der Waals surface area contributed by atoms with E-state index in [0.29, 0.717) is 28.3 Å². The zero-order valence-electron chi connectivity index (χ0n) is 17.2. The number of rotatable bonds is 4. The lowest BCUT2D eigenvalue weighted by Crippen LogP contribution is -2.54. The number of piperidine rings is 3. The molecular weight excluding hydrogens is 398 g/mol. The molecule has 31 heavy (non-hydrogen) atoms. The van der Waals surface area contributed by atoms with Crippen LogP contribution in [-0.2, 0) is 7.05 Å². The van der Waals surface area contributed by atoms with Crippen molar-refractivity contribution in [2.45, 2.75) is 25.0 Å². The molecule has 9 heteroatoms. The summed E-state index contributed by atoms with van der Waals surface area (Å²) in [6.45, 7) is 5.74. The number of aliphatic hydroxyl groups is 1. The topological polar surface area (TPSA) is 116 Å². The quantitative estimate of drug-likeness (QED) is 0.540. The molecule has 0 saturated carbocycles. The molecule has 0 radical (unpaired) electrons. The van der Waals surface area contributed by atoms with Gasteiger partial charge in [-0.15, -0.1) is 6.58 Å². The molecule has 3 N–H and O–H groups in total. The van der Waals surface area contributed by atoms with Crippen molar-refractivity contribution in [2.24, 2.45) is 18.9 Å². The molecule has 9 nitrogen and oxygen atoms in total. The number of aromatic nitrogens is 4. The van der Waals surface area contributed by atoms with Gasteiger partial charge < -0.3 is 10.2 Å². The molecule has 2 bridgehead atoms. The van der Waals surface area contributed by atoms with Gasteiger partial charge in [0.25, 0.3) is 0 Å². The van der Waals surface area contributed by atoms with Crippen molar-refractivity contribution >= 4 is 10.9 Å². The fraction of sp³-hybridized carbons (Fsp3) is 0.409. The summed E-state index contributed by atoms with van der Waals surface area (Å²) in [4.78, 5) is 31.3. The molecule has 162 valence electrons. The third-order valence-corrected chi connectivity index (χ3v) is 6.94. The van der Waals surface area contributed by atoms with E-state index in [1.54, 1.807) is 18.3 Å². The van der Waals surface area contributed by atoms with Crippen LogP contribution in [0.4, 0.5) is 0 Å². The van der Waals surface area contributed by atoms with Crippen molar-refractivity contribution in [1.29, 1.82) is 0 Å². The van der Waals surface area contributed by atoms with Crippen molar-refractivity contribution in [1.82, 2.24) is 24.2 Å². The lowest BCUT2D eigenvalue weighted by molar-refractivity contribution is -0.0444. The van der Waals surface area contributed by atoms with Crippen LogP contribution in [0.1, 0.15) is 24.5 Å². The predicted molar refractivity (Wildman–Crippen MR) is 115 cm³/mol. The summed E-state index contributed by atoms with van der Waals surface area (Å²) in [5.41, 5.74) is -0.0201. The summed E-state index contributed by atoms with van der Waals surface area (Å²) in [7, 11) is 1.36. The standard InChI is InChI=1S/C22H25N5O4/c1-3-12-11-26-9-7-13(12)10-16(26)20(29)14-6-8-23-15-4-5-17(28)19(18(14)15)27-22(31)25(2)21(30)24-27/h3-6,8,12-13,16,20,28-29H,1,7,9-11H2,2H3,(H,24,30)/t12-,13?,16-,20+/m1/s1. The first kappa shape index (κ1) is 19.8. The normalized spacial score (nSPS) is 26.3. The Labute approximate surface area is 177 Å². The number of hydrogen-bond acceptors (Lipinski definition) is 6. The third-order valence-electron chi connectivity index (χ3n) is 6.94. The number of phenols is 1. The van der Waals surface area contributed by atoms with Gasteiger partial charge in [0.2, 0.25) is 0 Å². The van der Waals surface area contributed by atoms with E-state index in [4.69, 9.17) is 0 Å². The van der Waals surface area contributed by atoms with Crippen molar-refractivity contribution < 1.29 is 10.2 Å². The van der Waals surface area contributed by atoms with Gasteiger partial charge in [0.15, 0.2) is 0 Å². The number of benzene rings is 1. The average molecular weight is 423 g/mol. The molecule has 0 amide bonds. The second-order valence-corrected chi connectivity index (χ2v) is 8.51. The van der Waals surface area contributed by atoms with Crippen LogP contribution in [0.2, 0.25) is 0 Å². The van der Waals surface area contributed by atoms with Gasteiger partial charge in [-0.05, 0) is 55.0 Å². The molecule has 1 aromatic carbocycles. The minimum absolute atomic E-state index is 0.0812. The second kappa shape index (κ2) is 7.21. The maximum absolute atomic E-state index is 12.6. The number of fused-ring (bicyclic) bond motifs is 4. The van der Waals surface area contributed by atoms with E-state index in [1.165, 1.54) is 13.1 Å². The van der Waals surface area contributed by atoms with E-state index in [2.05, 4.69) is 21.6 Å². The monoisotopic (exact) mass is 423 g/mol. The Morgan fingerprint density at radius 1 is 1.32 bits per heavy atom. The van der Waals surface area contributed by atoms with E-state index in [0.717, 1.165) is 35.2 Å². The van der Waals surface area contributed by atoms with Crippen LogP contribution in [0.15, 0.2) is 46.6 Å². The summed E-state index contributed by atoms with van der Waals surface area (Å²) in [5.74, 6) is 0.727. The summed E-state index contributed by atoms with van der Waals surface area (Å²) in [6, 6.07) is 4.70. The van der Waals surface area contributed by atoms with Crippen LogP contribution < -0.4 is 11.4 Å². The number of phenolic OH excluding ortho intramolecular Hbond substituents is 1. The lowest BCUT2D eigenvalue weighted by atomic mass is 9.73. The van der Waals surface area contributed by atoms with Gasteiger partial charge in [0.1, 0.15) is 11.4 Å². The van der Waals surface area contributed by atoms with Crippen LogP contribution in [-0.4, -0.2) is 53.6 Å². The SMILES string of the molecule is C=C[C@@H]1CN2CCC1C[C@@H]2[C@@H](O)c1ccnc2ccc(O)c(-n3[nH]c(=O)n(C)c3=O)c12. The molecule has 3 aliphatic heterocycles. The molecule has 6 rings (SSSR count). The highest BCUT2D eigenvalue weighted by Gasteiger charge is 2.42. The number of nitrogens with zero attached hydrogens (tertiary/aromatic N) is 4. The first-order valence-electron chi connectivity index (χ1n) is 10.4. The first-order valence-corrected chi connectivity index (χ1v) is 10.4. The van der Waals surface area contributed by atoms with Gasteiger partial charge in [-0.2, -0.15) is 4.68 Å². The van der Waals surface area contributed by atoms with E-state index in [9.17, 15) is 19.8 Å². The number of aromatic amines is 1. The highest BCUT2D eigenvalue weighted by molar-refractivity contribution is 5.93. The van der Waals surface area contributed by atoms with Gasteiger partial charge in [-0.25, -0.2) is 19.3 Å². The molecule has 5 heterocycles. The molecule has 2 aromatic heterocycles. The van der Waals surface area contributed by atoms with E-state index >= 15 is 0 Å². The summed E-state index contributed by atoms with van der Waals surface area (Å²) >= 11 is 0. The summed E-state index contributed by atoms with van der Waals surface area (Å²) in [6.07, 6.45) is 4.71. The zero-order chi connectivity index (χ0) is 21.9. The number of aromatic hydroxyl groups is 1. The molecule has 3 saturated heterocycles. The van der Waals surface area contributed by atoms with Crippen LogP contribution >= 0.6 is 0 Å². The second-order valence-electron chi connectivity index (χ2n) is 8.51. The van der Waals surface area contributed by atoms with Crippen molar-refractivity contribution in [2.75, 3.05) is 13.1 Å². The van der Waals surface area contributed by atoms with Gasteiger partial charge in [-0.3, -0.25) is 9.88 Å².